The normalized spacial score (nSPS) is 18.0. The summed E-state index contributed by atoms with van der Waals surface area (Å²) >= 11 is 0. The van der Waals surface area contributed by atoms with Crippen LogP contribution in [-0.4, -0.2) is 74.2 Å². The van der Waals surface area contributed by atoms with Gasteiger partial charge in [0.25, 0.3) is 0 Å². The summed E-state index contributed by atoms with van der Waals surface area (Å²) in [6.45, 7) is 8.01. The molecule has 7 heteroatoms. The first-order valence-corrected chi connectivity index (χ1v) is 10.4. The minimum Gasteiger partial charge on any atom is -0.450 e. The number of nitrogens with one attached hydrogen (secondary N) is 1. The van der Waals surface area contributed by atoms with Gasteiger partial charge in [0.05, 0.1) is 6.61 Å². The zero-order valence-electron chi connectivity index (χ0n) is 16.9. The lowest BCUT2D eigenvalue weighted by atomic mass is 10.1. The van der Waals surface area contributed by atoms with Crippen LogP contribution >= 0.6 is 0 Å². The standard InChI is InChI=1S/C21H32N4O3/c1-2-28-21(27)25-16-14-23(15-17-25)13-10-20(26)22-18-6-8-19(9-7-18)24-11-4-3-5-12-24/h6-9H,2-5,10-17H2,1H3,(H,22,26). The molecule has 2 amide bonds. The zero-order valence-corrected chi connectivity index (χ0v) is 16.9. The summed E-state index contributed by atoms with van der Waals surface area (Å²) in [5.74, 6) is 0.0264. The first-order chi connectivity index (χ1) is 13.7. The smallest absolute Gasteiger partial charge is 0.409 e. The number of hydrogen-bond acceptors (Lipinski definition) is 5. The van der Waals surface area contributed by atoms with Gasteiger partial charge in [-0.1, -0.05) is 0 Å². The van der Waals surface area contributed by atoms with E-state index in [-0.39, 0.29) is 12.0 Å². The van der Waals surface area contributed by atoms with E-state index in [1.165, 1.54) is 24.9 Å². The third-order valence-corrected chi connectivity index (χ3v) is 5.43. The lowest BCUT2D eigenvalue weighted by Crippen LogP contribution is -2.49. The highest BCUT2D eigenvalue weighted by molar-refractivity contribution is 5.91. The molecular formula is C21H32N4O3. The molecule has 0 unspecified atom stereocenters. The lowest BCUT2D eigenvalue weighted by molar-refractivity contribution is -0.116. The number of carbonyl (C=O) groups excluding carboxylic acids is 2. The van der Waals surface area contributed by atoms with E-state index in [0.29, 0.717) is 32.7 Å². The van der Waals surface area contributed by atoms with Crippen molar-refractivity contribution in [2.45, 2.75) is 32.6 Å². The van der Waals surface area contributed by atoms with Gasteiger partial charge in [0.15, 0.2) is 0 Å². The molecule has 2 fully saturated rings. The number of anilines is 2. The van der Waals surface area contributed by atoms with Crippen molar-refractivity contribution < 1.29 is 14.3 Å². The van der Waals surface area contributed by atoms with Gasteiger partial charge >= 0.3 is 6.09 Å². The third kappa shape index (κ3) is 5.86. The minimum absolute atomic E-state index is 0.0264. The van der Waals surface area contributed by atoms with E-state index in [9.17, 15) is 9.59 Å². The minimum atomic E-state index is -0.243. The van der Waals surface area contributed by atoms with Crippen LogP contribution in [0.4, 0.5) is 16.2 Å². The Balaban J connectivity index is 1.37. The maximum atomic E-state index is 12.3. The number of piperidine rings is 1. The lowest BCUT2D eigenvalue weighted by Gasteiger charge is -2.33. The number of nitrogens with zero attached hydrogens (tertiary/aromatic N) is 3. The first kappa shape index (κ1) is 20.5. The fourth-order valence-electron chi connectivity index (χ4n) is 3.76. The summed E-state index contributed by atoms with van der Waals surface area (Å²) in [4.78, 5) is 30.3. The van der Waals surface area contributed by atoms with Gasteiger partial charge in [0, 0.05) is 63.6 Å². The fraction of sp³-hybridized carbons (Fsp3) is 0.619. The molecule has 0 aliphatic carbocycles. The third-order valence-electron chi connectivity index (χ3n) is 5.43. The first-order valence-electron chi connectivity index (χ1n) is 10.4. The van der Waals surface area contributed by atoms with Crippen LogP contribution in [0.2, 0.25) is 0 Å². The van der Waals surface area contributed by atoms with Crippen molar-refractivity contribution in [1.29, 1.82) is 0 Å². The van der Waals surface area contributed by atoms with Gasteiger partial charge in [-0.2, -0.15) is 0 Å². The molecular weight excluding hydrogens is 356 g/mol. The quantitative estimate of drug-likeness (QED) is 0.812. The number of hydrogen-bond donors (Lipinski definition) is 1. The van der Waals surface area contributed by atoms with E-state index in [2.05, 4.69) is 27.2 Å². The van der Waals surface area contributed by atoms with Crippen LogP contribution in [0.5, 0.6) is 0 Å². The van der Waals surface area contributed by atoms with Crippen molar-refractivity contribution in [3.63, 3.8) is 0 Å². The van der Waals surface area contributed by atoms with E-state index in [0.717, 1.165) is 31.9 Å². The van der Waals surface area contributed by atoms with Crippen molar-refractivity contribution in [3.8, 4) is 0 Å². The van der Waals surface area contributed by atoms with E-state index >= 15 is 0 Å². The van der Waals surface area contributed by atoms with Crippen LogP contribution < -0.4 is 10.2 Å². The molecule has 0 radical (unpaired) electrons. The number of amides is 2. The van der Waals surface area contributed by atoms with Crippen molar-refractivity contribution >= 4 is 23.4 Å². The van der Waals surface area contributed by atoms with Gasteiger partial charge in [0.2, 0.25) is 5.91 Å². The molecule has 1 N–H and O–H groups in total. The molecule has 0 saturated carbocycles. The molecule has 1 aromatic rings. The second-order valence-corrected chi connectivity index (χ2v) is 7.42. The Bertz CT molecular complexity index is 636. The Morgan fingerprint density at radius 2 is 1.64 bits per heavy atom. The second-order valence-electron chi connectivity index (χ2n) is 7.42. The van der Waals surface area contributed by atoms with Gasteiger partial charge in [0.1, 0.15) is 0 Å². The largest absolute Gasteiger partial charge is 0.450 e. The molecule has 1 aromatic carbocycles. The molecule has 0 atom stereocenters. The molecule has 0 bridgehead atoms. The molecule has 2 aliphatic heterocycles. The van der Waals surface area contributed by atoms with Crippen molar-refractivity contribution in [2.75, 3.05) is 62.6 Å². The summed E-state index contributed by atoms with van der Waals surface area (Å²) in [7, 11) is 0. The maximum Gasteiger partial charge on any atom is 0.409 e. The van der Waals surface area contributed by atoms with Gasteiger partial charge < -0.3 is 19.9 Å². The zero-order chi connectivity index (χ0) is 19.8. The second kappa shape index (κ2) is 10.3. The van der Waals surface area contributed by atoms with Crippen molar-refractivity contribution in [3.05, 3.63) is 24.3 Å². The fourth-order valence-corrected chi connectivity index (χ4v) is 3.76. The molecule has 0 spiro atoms. The molecule has 2 heterocycles. The highest BCUT2D eigenvalue weighted by atomic mass is 16.6. The summed E-state index contributed by atoms with van der Waals surface area (Å²) in [6.07, 6.45) is 4.04. The summed E-state index contributed by atoms with van der Waals surface area (Å²) < 4.78 is 5.03. The molecule has 154 valence electrons. The summed E-state index contributed by atoms with van der Waals surface area (Å²) in [5.41, 5.74) is 2.08. The monoisotopic (exact) mass is 388 g/mol. The van der Waals surface area contributed by atoms with Crippen LogP contribution in [0.15, 0.2) is 24.3 Å². The Labute approximate surface area is 167 Å². The van der Waals surface area contributed by atoms with E-state index in [4.69, 9.17) is 4.74 Å². The van der Waals surface area contributed by atoms with Crippen molar-refractivity contribution in [2.24, 2.45) is 0 Å². The van der Waals surface area contributed by atoms with Crippen LogP contribution in [0.3, 0.4) is 0 Å². The highest BCUT2D eigenvalue weighted by Crippen LogP contribution is 2.21. The Morgan fingerprint density at radius 1 is 0.964 bits per heavy atom. The summed E-state index contributed by atoms with van der Waals surface area (Å²) in [5, 5.41) is 2.99. The van der Waals surface area contributed by atoms with E-state index < -0.39 is 0 Å². The van der Waals surface area contributed by atoms with Crippen LogP contribution in [0.1, 0.15) is 32.6 Å². The maximum absolute atomic E-state index is 12.3. The predicted molar refractivity (Wildman–Crippen MR) is 111 cm³/mol. The summed E-state index contributed by atoms with van der Waals surface area (Å²) in [6, 6.07) is 8.16. The van der Waals surface area contributed by atoms with Crippen LogP contribution in [-0.2, 0) is 9.53 Å². The van der Waals surface area contributed by atoms with Gasteiger partial charge in [-0.25, -0.2) is 4.79 Å². The number of piperazine rings is 1. The predicted octanol–water partition coefficient (Wildman–Crippen LogP) is 2.78. The average Bonchev–Trinajstić information content (AvgIpc) is 2.74. The Morgan fingerprint density at radius 3 is 2.29 bits per heavy atom. The number of benzene rings is 1. The molecule has 3 rings (SSSR count). The molecule has 7 nitrogen and oxygen atoms in total. The highest BCUT2D eigenvalue weighted by Gasteiger charge is 2.22. The van der Waals surface area contributed by atoms with Crippen LogP contribution in [0.25, 0.3) is 0 Å². The van der Waals surface area contributed by atoms with Crippen molar-refractivity contribution in [1.82, 2.24) is 9.80 Å². The van der Waals surface area contributed by atoms with Gasteiger partial charge in [-0.15, -0.1) is 0 Å². The Hall–Kier alpha value is -2.28. The molecule has 0 aromatic heterocycles. The van der Waals surface area contributed by atoms with E-state index in [1.807, 2.05) is 19.1 Å². The van der Waals surface area contributed by atoms with Crippen LogP contribution in [0, 0.1) is 0 Å². The van der Waals surface area contributed by atoms with Gasteiger partial charge in [-0.3, -0.25) is 9.69 Å². The molecule has 2 aliphatic rings. The van der Waals surface area contributed by atoms with Gasteiger partial charge in [-0.05, 0) is 50.5 Å². The molecule has 2 saturated heterocycles. The van der Waals surface area contributed by atoms with E-state index in [1.54, 1.807) is 4.90 Å². The number of rotatable bonds is 6. The topological polar surface area (TPSA) is 65.1 Å². The number of ether oxygens (including phenoxy) is 1. The average molecular weight is 389 g/mol. The Kier molecular flexibility index (Phi) is 7.54. The SMILES string of the molecule is CCOC(=O)N1CCN(CCC(=O)Nc2ccc(N3CCCCC3)cc2)CC1. The number of carbonyl (C=O) groups is 2. The molecule has 28 heavy (non-hydrogen) atoms.